The Labute approximate surface area is 157 Å². The van der Waals surface area contributed by atoms with Gasteiger partial charge < -0.3 is 10.1 Å². The molecule has 0 amide bonds. The molecule has 7 heteroatoms. The summed E-state index contributed by atoms with van der Waals surface area (Å²) in [6.07, 6.45) is -1.93. The molecule has 0 fully saturated rings. The second-order valence-corrected chi connectivity index (χ2v) is 6.02. The van der Waals surface area contributed by atoms with Crippen LogP contribution in [-0.4, -0.2) is 19.5 Å². The lowest BCUT2D eigenvalue weighted by Gasteiger charge is -2.11. The molecular formula is C20H24F3N3O. The fourth-order valence-electron chi connectivity index (χ4n) is 2.37. The Balaban J connectivity index is 1.99. The molecule has 0 aliphatic rings. The monoisotopic (exact) mass is 379 g/mol. The van der Waals surface area contributed by atoms with Crippen LogP contribution >= 0.6 is 0 Å². The van der Waals surface area contributed by atoms with E-state index in [1.165, 1.54) is 12.1 Å². The van der Waals surface area contributed by atoms with Crippen LogP contribution in [-0.2, 0) is 12.6 Å². The Bertz CT molecular complexity index is 726. The normalized spacial score (nSPS) is 12.0. The second-order valence-electron chi connectivity index (χ2n) is 6.02. The number of hydrogen-bond donors (Lipinski definition) is 2. The molecule has 2 N–H and O–H groups in total. The van der Waals surface area contributed by atoms with E-state index in [1.54, 1.807) is 7.11 Å². The highest BCUT2D eigenvalue weighted by Crippen LogP contribution is 2.29. The van der Waals surface area contributed by atoms with Crippen molar-refractivity contribution < 1.29 is 17.9 Å². The molecule has 0 unspecified atom stereocenters. The highest BCUT2D eigenvalue weighted by atomic mass is 19.4. The number of ether oxygens (including phenoxy) is 1. The molecule has 27 heavy (non-hydrogen) atoms. The summed E-state index contributed by atoms with van der Waals surface area (Å²) in [5, 5.41) is 7.57. The van der Waals surface area contributed by atoms with Crippen LogP contribution in [0.5, 0.6) is 5.75 Å². The third kappa shape index (κ3) is 6.84. The van der Waals surface area contributed by atoms with Gasteiger partial charge in [-0.2, -0.15) is 18.3 Å². The highest BCUT2D eigenvalue weighted by molar-refractivity contribution is 5.83. The van der Waals surface area contributed by atoms with Crippen molar-refractivity contribution in [2.75, 3.05) is 19.1 Å². The predicted octanol–water partition coefficient (Wildman–Crippen LogP) is 5.07. The molecule has 0 heterocycles. The van der Waals surface area contributed by atoms with Gasteiger partial charge in [0.15, 0.2) is 0 Å². The number of amidine groups is 1. The summed E-state index contributed by atoms with van der Waals surface area (Å²) in [6.45, 7) is 2.83. The van der Waals surface area contributed by atoms with E-state index in [9.17, 15) is 13.2 Å². The first-order valence-electron chi connectivity index (χ1n) is 8.79. The van der Waals surface area contributed by atoms with Gasteiger partial charge >= 0.3 is 6.18 Å². The van der Waals surface area contributed by atoms with Crippen molar-refractivity contribution in [1.29, 1.82) is 0 Å². The first-order chi connectivity index (χ1) is 12.9. The van der Waals surface area contributed by atoms with E-state index in [2.05, 4.69) is 22.8 Å². The lowest BCUT2D eigenvalue weighted by atomic mass is 10.1. The van der Waals surface area contributed by atoms with Crippen molar-refractivity contribution in [1.82, 2.24) is 5.32 Å². The number of hydrogen-bond acceptors (Lipinski definition) is 3. The number of nitrogens with one attached hydrogen (secondary N) is 2. The SMILES string of the molecule is CCCN/C(CCc1ccc(OC)cc1)=N\Nc1ccc(C(F)(F)F)cc1. The van der Waals surface area contributed by atoms with Crippen LogP contribution in [0.25, 0.3) is 0 Å². The number of anilines is 1. The number of nitrogens with zero attached hydrogens (tertiary/aromatic N) is 1. The maximum Gasteiger partial charge on any atom is 0.416 e. The summed E-state index contributed by atoms with van der Waals surface area (Å²) >= 11 is 0. The van der Waals surface area contributed by atoms with E-state index in [1.807, 2.05) is 24.3 Å². The van der Waals surface area contributed by atoms with E-state index in [-0.39, 0.29) is 0 Å². The summed E-state index contributed by atoms with van der Waals surface area (Å²) in [4.78, 5) is 0. The van der Waals surface area contributed by atoms with Crippen LogP contribution in [0.2, 0.25) is 0 Å². The molecule has 146 valence electrons. The fourth-order valence-corrected chi connectivity index (χ4v) is 2.37. The van der Waals surface area contributed by atoms with Gasteiger partial charge in [-0.05, 0) is 54.8 Å². The Hall–Kier alpha value is -2.70. The number of rotatable bonds is 8. The molecule has 0 bridgehead atoms. The molecule has 0 aliphatic carbocycles. The third-order valence-corrected chi connectivity index (χ3v) is 3.92. The quantitative estimate of drug-likeness (QED) is 0.382. The van der Waals surface area contributed by atoms with Gasteiger partial charge in [0.05, 0.1) is 18.4 Å². The zero-order valence-corrected chi connectivity index (χ0v) is 15.4. The van der Waals surface area contributed by atoms with Gasteiger partial charge in [-0.25, -0.2) is 0 Å². The van der Waals surface area contributed by atoms with Crippen molar-refractivity contribution in [3.8, 4) is 5.75 Å². The largest absolute Gasteiger partial charge is 0.497 e. The van der Waals surface area contributed by atoms with E-state index in [0.717, 1.165) is 48.7 Å². The van der Waals surface area contributed by atoms with E-state index in [4.69, 9.17) is 4.74 Å². The summed E-state index contributed by atoms with van der Waals surface area (Å²) in [7, 11) is 1.63. The number of methoxy groups -OCH3 is 1. The Morgan fingerprint density at radius 3 is 2.26 bits per heavy atom. The van der Waals surface area contributed by atoms with Gasteiger partial charge in [0.25, 0.3) is 0 Å². The number of benzene rings is 2. The first kappa shape index (κ1) is 20.6. The average molecular weight is 379 g/mol. The minimum Gasteiger partial charge on any atom is -0.497 e. The lowest BCUT2D eigenvalue weighted by molar-refractivity contribution is -0.137. The summed E-state index contributed by atoms with van der Waals surface area (Å²) in [5.74, 6) is 1.56. The minimum absolute atomic E-state index is 0.503. The molecule has 0 aromatic heterocycles. The van der Waals surface area contributed by atoms with Crippen molar-refractivity contribution in [3.63, 3.8) is 0 Å². The molecule has 0 atom stereocenters. The zero-order valence-electron chi connectivity index (χ0n) is 15.4. The van der Waals surface area contributed by atoms with Crippen LogP contribution in [0, 0.1) is 0 Å². The smallest absolute Gasteiger partial charge is 0.416 e. The number of alkyl halides is 3. The van der Waals surface area contributed by atoms with Crippen LogP contribution in [0.3, 0.4) is 0 Å². The van der Waals surface area contributed by atoms with Crippen LogP contribution in [0.4, 0.5) is 18.9 Å². The molecule has 2 rings (SSSR count). The molecule has 2 aromatic carbocycles. The maximum absolute atomic E-state index is 12.6. The summed E-state index contributed by atoms with van der Waals surface area (Å²) < 4.78 is 43.0. The Morgan fingerprint density at radius 1 is 1.04 bits per heavy atom. The molecule has 0 aliphatic heterocycles. The molecule has 0 spiro atoms. The third-order valence-electron chi connectivity index (χ3n) is 3.92. The maximum atomic E-state index is 12.6. The molecule has 4 nitrogen and oxygen atoms in total. The summed E-state index contributed by atoms with van der Waals surface area (Å²) in [5.41, 5.74) is 3.80. The highest BCUT2D eigenvalue weighted by Gasteiger charge is 2.29. The number of aryl methyl sites for hydroxylation is 1. The fraction of sp³-hybridized carbons (Fsp3) is 0.350. The first-order valence-corrected chi connectivity index (χ1v) is 8.79. The van der Waals surface area contributed by atoms with Crippen molar-refractivity contribution in [2.24, 2.45) is 5.10 Å². The van der Waals surface area contributed by atoms with Crippen molar-refractivity contribution >= 4 is 11.5 Å². The zero-order chi connectivity index (χ0) is 19.7. The molecule has 0 radical (unpaired) electrons. The van der Waals surface area contributed by atoms with E-state index < -0.39 is 11.7 Å². The molecule has 2 aromatic rings. The average Bonchev–Trinajstić information content (AvgIpc) is 2.67. The van der Waals surface area contributed by atoms with Gasteiger partial charge in [-0.1, -0.05) is 19.1 Å². The minimum atomic E-state index is -4.34. The lowest BCUT2D eigenvalue weighted by Crippen LogP contribution is -2.25. The van der Waals surface area contributed by atoms with Gasteiger partial charge in [-0.15, -0.1) is 0 Å². The predicted molar refractivity (Wildman–Crippen MR) is 102 cm³/mol. The van der Waals surface area contributed by atoms with E-state index in [0.29, 0.717) is 12.1 Å². The Kier molecular flexibility index (Phi) is 7.52. The van der Waals surface area contributed by atoms with Crippen LogP contribution in [0.15, 0.2) is 53.6 Å². The molecular weight excluding hydrogens is 355 g/mol. The van der Waals surface area contributed by atoms with Gasteiger partial charge in [0, 0.05) is 13.0 Å². The van der Waals surface area contributed by atoms with Crippen molar-refractivity contribution in [3.05, 3.63) is 59.7 Å². The van der Waals surface area contributed by atoms with Gasteiger partial charge in [0.1, 0.15) is 11.6 Å². The van der Waals surface area contributed by atoms with E-state index >= 15 is 0 Å². The Morgan fingerprint density at radius 2 is 1.70 bits per heavy atom. The van der Waals surface area contributed by atoms with Gasteiger partial charge in [0.2, 0.25) is 0 Å². The number of halogens is 3. The topological polar surface area (TPSA) is 45.6 Å². The number of hydrazone groups is 1. The standard InChI is InChI=1S/C20H24F3N3O/c1-3-14-24-19(13-6-15-4-11-18(27-2)12-5-15)26-25-17-9-7-16(8-10-17)20(21,22)23/h4-5,7-12,25H,3,6,13-14H2,1-2H3,(H,24,26). The van der Waals surface area contributed by atoms with Crippen molar-refractivity contribution in [2.45, 2.75) is 32.4 Å². The molecule has 0 saturated heterocycles. The second kappa shape index (κ2) is 9.85. The van der Waals surface area contributed by atoms with Crippen LogP contribution < -0.4 is 15.5 Å². The summed E-state index contributed by atoms with van der Waals surface area (Å²) in [6, 6.07) is 12.6. The molecule has 0 saturated carbocycles. The van der Waals surface area contributed by atoms with Gasteiger partial charge in [-0.3, -0.25) is 5.43 Å². The van der Waals surface area contributed by atoms with Crippen LogP contribution in [0.1, 0.15) is 30.9 Å².